The summed E-state index contributed by atoms with van der Waals surface area (Å²) in [6.07, 6.45) is 9.40. The number of amides is 3. The quantitative estimate of drug-likeness (QED) is 0.458. The first-order chi connectivity index (χ1) is 20.9. The van der Waals surface area contributed by atoms with Crippen molar-refractivity contribution in [2.24, 2.45) is 11.8 Å². The fraction of sp³-hybridized carbons (Fsp3) is 0.457. The van der Waals surface area contributed by atoms with Gasteiger partial charge in [0.05, 0.1) is 30.1 Å². The molecule has 2 aromatic carbocycles. The number of rotatable bonds is 9. The van der Waals surface area contributed by atoms with Gasteiger partial charge in [0.1, 0.15) is 11.6 Å². The third kappa shape index (κ3) is 4.81. The normalized spacial score (nSPS) is 30.6. The van der Waals surface area contributed by atoms with Gasteiger partial charge in [-0.3, -0.25) is 14.4 Å². The summed E-state index contributed by atoms with van der Waals surface area (Å²) >= 11 is 0. The monoisotopic (exact) mass is 583 g/mol. The Bertz CT molecular complexity index is 1410. The van der Waals surface area contributed by atoms with Crippen molar-refractivity contribution < 1.29 is 24.2 Å². The Morgan fingerprint density at radius 3 is 2.14 bits per heavy atom. The molecule has 0 radical (unpaired) electrons. The van der Waals surface area contributed by atoms with Gasteiger partial charge in [-0.15, -0.1) is 0 Å². The number of nitrogens with zero attached hydrogens (tertiary/aromatic N) is 3. The van der Waals surface area contributed by atoms with Crippen LogP contribution >= 0.6 is 0 Å². The van der Waals surface area contributed by atoms with Crippen LogP contribution in [0.3, 0.4) is 0 Å². The predicted octanol–water partition coefficient (Wildman–Crippen LogP) is 3.36. The second-order valence-electron chi connectivity index (χ2n) is 12.2. The molecular formula is C35H41N3O5. The molecule has 2 fully saturated rings. The van der Waals surface area contributed by atoms with Crippen molar-refractivity contribution in [2.75, 3.05) is 26.2 Å². The van der Waals surface area contributed by atoms with E-state index in [2.05, 4.69) is 0 Å². The minimum absolute atomic E-state index is 0.112. The molecule has 2 aromatic rings. The first-order valence-corrected chi connectivity index (χ1v) is 15.5. The number of carbonyl (C=O) groups excluding carboxylic acids is 3. The van der Waals surface area contributed by atoms with Gasteiger partial charge in [0.2, 0.25) is 17.7 Å². The van der Waals surface area contributed by atoms with Gasteiger partial charge >= 0.3 is 0 Å². The Morgan fingerprint density at radius 2 is 1.49 bits per heavy atom. The van der Waals surface area contributed by atoms with Gasteiger partial charge in [0.15, 0.2) is 0 Å². The molecule has 8 nitrogen and oxygen atoms in total. The molecule has 1 N–H and O–H groups in total. The van der Waals surface area contributed by atoms with Crippen LogP contribution < -0.4 is 0 Å². The zero-order chi connectivity index (χ0) is 30.2. The number of hydrogen-bond donors (Lipinski definition) is 1. The minimum atomic E-state index is -1.35. The van der Waals surface area contributed by atoms with E-state index in [4.69, 9.17) is 4.74 Å². The van der Waals surface area contributed by atoms with Crippen LogP contribution in [0.2, 0.25) is 0 Å². The third-order valence-electron chi connectivity index (χ3n) is 9.67. The van der Waals surface area contributed by atoms with Crippen LogP contribution in [0.1, 0.15) is 37.8 Å². The van der Waals surface area contributed by atoms with Gasteiger partial charge in [-0.05, 0) is 30.4 Å². The fourth-order valence-electron chi connectivity index (χ4n) is 7.74. The Morgan fingerprint density at radius 1 is 0.837 bits per heavy atom. The van der Waals surface area contributed by atoms with Crippen LogP contribution in [0.25, 0.3) is 0 Å². The Kier molecular flexibility index (Phi) is 8.00. The Hall–Kier alpha value is -3.75. The standard InChI is InChI=1S/C35H41N3O5/c1-3-19-36-20-11-17-34(4-2)28(31(36)40)29-32(41)38(27(24-39)22-25-13-7-5-8-14-25)30-33(42)37(21-12-18-35(29,30)43-34)23-26-15-9-6-10-16-26/h5-18,27-30,39H,3-4,19-24H2,1-2H3/t27-,28+,29+,30?,34-,35+/m1/s1. The van der Waals surface area contributed by atoms with Crippen LogP contribution in [0, 0.1) is 11.8 Å². The third-order valence-corrected chi connectivity index (χ3v) is 9.67. The number of aliphatic hydroxyl groups excluding tert-OH is 1. The summed E-state index contributed by atoms with van der Waals surface area (Å²) in [4.78, 5) is 49.0. The smallest absolute Gasteiger partial charge is 0.249 e. The summed E-state index contributed by atoms with van der Waals surface area (Å²) in [6.45, 7) is 5.44. The SMILES string of the molecule is CCCN1CC=C[C@@]2(CC)O[C@]34C=CCN(Cc5ccccc5)C(=O)C3N([C@@H](CO)Cc3ccccc3)C(=O)[C@@H]4[C@H]2C1=O. The molecular weight excluding hydrogens is 542 g/mol. The van der Waals surface area contributed by atoms with Gasteiger partial charge in [-0.1, -0.05) is 98.8 Å². The highest BCUT2D eigenvalue weighted by Gasteiger charge is 2.75. The molecule has 0 aromatic heterocycles. The van der Waals surface area contributed by atoms with Gasteiger partial charge < -0.3 is 24.5 Å². The number of ether oxygens (including phenoxy) is 1. The molecule has 226 valence electrons. The van der Waals surface area contributed by atoms with Crippen molar-refractivity contribution >= 4 is 17.7 Å². The lowest BCUT2D eigenvalue weighted by Gasteiger charge is -2.41. The van der Waals surface area contributed by atoms with Crippen molar-refractivity contribution in [3.8, 4) is 0 Å². The van der Waals surface area contributed by atoms with Gasteiger partial charge in [-0.2, -0.15) is 0 Å². The maximum atomic E-state index is 14.8. The van der Waals surface area contributed by atoms with Crippen molar-refractivity contribution in [1.82, 2.24) is 14.7 Å². The fourth-order valence-corrected chi connectivity index (χ4v) is 7.74. The summed E-state index contributed by atoms with van der Waals surface area (Å²) in [5.74, 6) is -2.33. The minimum Gasteiger partial charge on any atom is -0.394 e. The van der Waals surface area contributed by atoms with Crippen molar-refractivity contribution in [3.05, 3.63) is 96.1 Å². The van der Waals surface area contributed by atoms with E-state index in [1.165, 1.54) is 0 Å². The van der Waals surface area contributed by atoms with Crippen molar-refractivity contribution in [3.63, 3.8) is 0 Å². The molecule has 0 bridgehead atoms. The van der Waals surface area contributed by atoms with Gasteiger partial charge in [-0.25, -0.2) is 0 Å². The first kappa shape index (κ1) is 29.3. The topological polar surface area (TPSA) is 90.4 Å². The van der Waals surface area contributed by atoms with E-state index in [9.17, 15) is 19.5 Å². The Balaban J connectivity index is 1.48. The zero-order valence-corrected chi connectivity index (χ0v) is 25.0. The second-order valence-corrected chi connectivity index (χ2v) is 12.2. The highest BCUT2D eigenvalue weighted by atomic mass is 16.5. The molecule has 4 heterocycles. The lowest BCUT2D eigenvalue weighted by atomic mass is 9.73. The van der Waals surface area contributed by atoms with E-state index >= 15 is 0 Å². The summed E-state index contributed by atoms with van der Waals surface area (Å²) in [6, 6.07) is 17.8. The zero-order valence-electron chi connectivity index (χ0n) is 25.0. The number of carbonyl (C=O) groups is 3. The summed E-state index contributed by atoms with van der Waals surface area (Å²) in [5, 5.41) is 10.7. The molecule has 1 spiro atoms. The van der Waals surface area contributed by atoms with Crippen LogP contribution in [0.4, 0.5) is 0 Å². The van der Waals surface area contributed by atoms with Crippen molar-refractivity contribution in [1.29, 1.82) is 0 Å². The van der Waals surface area contributed by atoms with E-state index in [0.717, 1.165) is 17.5 Å². The highest BCUT2D eigenvalue weighted by molar-refractivity contribution is 6.00. The number of hydrogen-bond acceptors (Lipinski definition) is 5. The molecule has 0 aliphatic carbocycles. The van der Waals surface area contributed by atoms with E-state index in [0.29, 0.717) is 39.0 Å². The van der Waals surface area contributed by atoms with Gasteiger partial charge in [0, 0.05) is 26.2 Å². The lowest BCUT2D eigenvalue weighted by molar-refractivity contribution is -0.157. The maximum absolute atomic E-state index is 14.8. The van der Waals surface area contributed by atoms with E-state index in [-0.39, 0.29) is 24.3 Å². The maximum Gasteiger partial charge on any atom is 0.249 e. The lowest BCUT2D eigenvalue weighted by Crippen LogP contribution is -2.59. The molecule has 4 aliphatic heterocycles. The van der Waals surface area contributed by atoms with E-state index < -0.39 is 35.1 Å². The number of likely N-dealkylation sites (tertiary alicyclic amines) is 1. The molecule has 0 saturated carbocycles. The Labute approximate surface area is 253 Å². The summed E-state index contributed by atoms with van der Waals surface area (Å²) < 4.78 is 7.08. The molecule has 8 heteroatoms. The molecule has 1 unspecified atom stereocenters. The molecule has 43 heavy (non-hydrogen) atoms. The van der Waals surface area contributed by atoms with E-state index in [1.54, 1.807) is 9.80 Å². The van der Waals surface area contributed by atoms with Crippen LogP contribution in [-0.4, -0.2) is 87.1 Å². The van der Waals surface area contributed by atoms with Crippen LogP contribution in [-0.2, 0) is 32.1 Å². The molecule has 2 saturated heterocycles. The van der Waals surface area contributed by atoms with Crippen molar-refractivity contribution in [2.45, 2.75) is 62.9 Å². The van der Waals surface area contributed by atoms with Gasteiger partial charge in [0.25, 0.3) is 0 Å². The summed E-state index contributed by atoms with van der Waals surface area (Å²) in [5.41, 5.74) is -0.437. The van der Waals surface area contributed by atoms with E-state index in [1.807, 2.05) is 104 Å². The number of fused-ring (bicyclic) bond motifs is 2. The molecule has 4 aliphatic rings. The molecule has 3 amide bonds. The van der Waals surface area contributed by atoms with Crippen LogP contribution in [0.5, 0.6) is 0 Å². The average Bonchev–Trinajstić information content (AvgIpc) is 3.33. The highest BCUT2D eigenvalue weighted by Crippen LogP contribution is 2.59. The predicted molar refractivity (Wildman–Crippen MR) is 162 cm³/mol. The first-order valence-electron chi connectivity index (χ1n) is 15.5. The molecule has 6 rings (SSSR count). The number of benzene rings is 2. The number of aliphatic hydroxyl groups is 1. The molecule has 6 atom stereocenters. The largest absolute Gasteiger partial charge is 0.394 e. The second kappa shape index (κ2) is 11.7. The van der Waals surface area contributed by atoms with Crippen LogP contribution in [0.15, 0.2) is 85.0 Å². The summed E-state index contributed by atoms with van der Waals surface area (Å²) in [7, 11) is 0. The average molecular weight is 584 g/mol.